The van der Waals surface area contributed by atoms with Crippen LogP contribution in [0.25, 0.3) is 0 Å². The van der Waals surface area contributed by atoms with Gasteiger partial charge in [-0.1, -0.05) is 371 Å². The summed E-state index contributed by atoms with van der Waals surface area (Å²) in [6.07, 6.45) is 92.3. The van der Waals surface area contributed by atoms with Crippen LogP contribution in [0.2, 0.25) is 0 Å². The van der Waals surface area contributed by atoms with Crippen molar-refractivity contribution in [1.82, 2.24) is 5.32 Å². The third kappa shape index (κ3) is 67.2. The molecule has 0 aliphatic heterocycles. The summed E-state index contributed by atoms with van der Waals surface area (Å²) in [6.45, 7) is 4.92. The van der Waals surface area contributed by atoms with Gasteiger partial charge in [0.05, 0.1) is 25.4 Å². The van der Waals surface area contributed by atoms with Crippen LogP contribution in [0.1, 0.15) is 412 Å². The first-order valence-corrected chi connectivity index (χ1v) is 37.3. The van der Waals surface area contributed by atoms with Gasteiger partial charge < -0.3 is 20.3 Å². The Morgan fingerprint density at radius 1 is 0.341 bits per heavy atom. The minimum atomic E-state index is -0.846. The average molecular weight is 1150 g/mol. The van der Waals surface area contributed by atoms with Gasteiger partial charge >= 0.3 is 5.97 Å². The number of carbonyl (C=O) groups excluding carboxylic acids is 2. The quantitative estimate of drug-likeness (QED) is 0.0320. The third-order valence-electron chi connectivity index (χ3n) is 17.4. The highest BCUT2D eigenvalue weighted by molar-refractivity contribution is 5.76. The van der Waals surface area contributed by atoms with Crippen molar-refractivity contribution in [3.05, 3.63) is 36.5 Å². The van der Waals surface area contributed by atoms with Gasteiger partial charge in [-0.25, -0.2) is 0 Å². The van der Waals surface area contributed by atoms with Crippen LogP contribution in [-0.4, -0.2) is 47.4 Å². The lowest BCUT2D eigenvalue weighted by molar-refractivity contribution is -0.143. The van der Waals surface area contributed by atoms with E-state index in [-0.39, 0.29) is 18.5 Å². The topological polar surface area (TPSA) is 95.9 Å². The van der Waals surface area contributed by atoms with Crippen LogP contribution in [0, 0.1) is 0 Å². The number of allylic oxidation sites excluding steroid dienone is 5. The molecule has 0 heterocycles. The minimum Gasteiger partial charge on any atom is -0.466 e. The molecule has 1 amide bonds. The molecule has 0 saturated carbocycles. The molecule has 0 saturated heterocycles. The van der Waals surface area contributed by atoms with E-state index >= 15 is 0 Å². The first-order valence-electron chi connectivity index (χ1n) is 37.3. The maximum absolute atomic E-state index is 12.5. The van der Waals surface area contributed by atoms with Crippen molar-refractivity contribution in [1.29, 1.82) is 0 Å². The summed E-state index contributed by atoms with van der Waals surface area (Å²) in [5.41, 5.74) is 0. The standard InChI is InChI=1S/C76H145NO5/c1-3-5-7-9-11-13-15-17-19-21-22-23-24-25-28-31-34-37-40-44-48-52-56-60-64-68-74(79)73(72-78)77-75(80)69-65-61-57-53-49-45-41-38-35-32-29-26-27-30-33-36-39-43-47-51-55-59-63-67-71-82-76(81)70-66-62-58-54-50-46-42-20-18-16-14-12-10-8-6-4-2/h14,16,20,42,64,68,73-74,78-79H,3-13,15,17-19,21-41,43-63,65-67,69-72H2,1-2H3,(H,77,80)/b16-14-,42-20-,68-64+. The van der Waals surface area contributed by atoms with Gasteiger partial charge in [-0.15, -0.1) is 0 Å². The molecule has 484 valence electrons. The lowest BCUT2D eigenvalue weighted by Crippen LogP contribution is -2.45. The van der Waals surface area contributed by atoms with Crippen molar-refractivity contribution in [3.63, 3.8) is 0 Å². The molecule has 3 N–H and O–H groups in total. The van der Waals surface area contributed by atoms with Gasteiger partial charge in [0.1, 0.15) is 0 Å². The molecule has 0 aromatic carbocycles. The van der Waals surface area contributed by atoms with Crippen molar-refractivity contribution < 1.29 is 24.5 Å². The number of ether oxygens (including phenoxy) is 1. The van der Waals surface area contributed by atoms with Crippen LogP contribution in [0.5, 0.6) is 0 Å². The molecular weight excluding hydrogens is 1010 g/mol. The van der Waals surface area contributed by atoms with Gasteiger partial charge in [-0.05, 0) is 64.2 Å². The predicted molar refractivity (Wildman–Crippen MR) is 361 cm³/mol. The summed E-state index contributed by atoms with van der Waals surface area (Å²) in [5.74, 6) is -0.0602. The number of carbonyl (C=O) groups is 2. The van der Waals surface area contributed by atoms with Gasteiger partial charge in [0, 0.05) is 12.8 Å². The highest BCUT2D eigenvalue weighted by Gasteiger charge is 2.18. The van der Waals surface area contributed by atoms with E-state index in [0.717, 1.165) is 51.4 Å². The average Bonchev–Trinajstić information content (AvgIpc) is 3.48. The van der Waals surface area contributed by atoms with Crippen LogP contribution >= 0.6 is 0 Å². The highest BCUT2D eigenvalue weighted by atomic mass is 16.5. The Hall–Kier alpha value is -1.92. The van der Waals surface area contributed by atoms with Crippen LogP contribution in [0.3, 0.4) is 0 Å². The van der Waals surface area contributed by atoms with Gasteiger partial charge in [0.15, 0.2) is 0 Å². The molecule has 0 fully saturated rings. The number of esters is 1. The maximum Gasteiger partial charge on any atom is 0.305 e. The van der Waals surface area contributed by atoms with Crippen LogP contribution in [0.4, 0.5) is 0 Å². The summed E-state index contributed by atoms with van der Waals surface area (Å²) >= 11 is 0. The summed E-state index contributed by atoms with van der Waals surface area (Å²) in [6, 6.07) is -0.629. The van der Waals surface area contributed by atoms with E-state index in [1.165, 1.54) is 334 Å². The van der Waals surface area contributed by atoms with E-state index in [2.05, 4.69) is 43.5 Å². The van der Waals surface area contributed by atoms with E-state index in [0.29, 0.717) is 19.4 Å². The SMILES string of the molecule is CCCCCC/C=C\C/C=C\CCCCCCCC(=O)OCCCCCCCCCCCCCCCCCCCCCCCCCCC(=O)NC(CO)C(O)/C=C/CCCCCCCCCCCCCCCCCCCCCCCCC. The fourth-order valence-electron chi connectivity index (χ4n) is 11.7. The molecule has 0 radical (unpaired) electrons. The second-order valence-electron chi connectivity index (χ2n) is 25.6. The lowest BCUT2D eigenvalue weighted by Gasteiger charge is -2.20. The summed E-state index contributed by atoms with van der Waals surface area (Å²) in [4.78, 5) is 24.6. The number of nitrogens with one attached hydrogen (secondary N) is 1. The van der Waals surface area contributed by atoms with Crippen LogP contribution in [-0.2, 0) is 14.3 Å². The third-order valence-corrected chi connectivity index (χ3v) is 17.4. The van der Waals surface area contributed by atoms with Gasteiger partial charge in [-0.2, -0.15) is 0 Å². The molecule has 0 rings (SSSR count). The Kier molecular flexibility index (Phi) is 69.9. The van der Waals surface area contributed by atoms with Gasteiger partial charge in [0.2, 0.25) is 5.91 Å². The van der Waals surface area contributed by atoms with Gasteiger partial charge in [-0.3, -0.25) is 9.59 Å². The number of amides is 1. The molecule has 0 aliphatic rings. The van der Waals surface area contributed by atoms with Crippen molar-refractivity contribution in [2.75, 3.05) is 13.2 Å². The maximum atomic E-state index is 12.5. The van der Waals surface area contributed by atoms with E-state index < -0.39 is 12.1 Å². The molecule has 0 spiro atoms. The first kappa shape index (κ1) is 80.1. The Balaban J connectivity index is 3.40. The zero-order chi connectivity index (χ0) is 59.2. The number of unbranched alkanes of at least 4 members (excludes halogenated alkanes) is 55. The van der Waals surface area contributed by atoms with Crippen molar-refractivity contribution in [2.45, 2.75) is 424 Å². The first-order chi connectivity index (χ1) is 40.5. The second-order valence-corrected chi connectivity index (χ2v) is 25.6. The largest absolute Gasteiger partial charge is 0.466 e. The van der Waals surface area contributed by atoms with Crippen molar-refractivity contribution in [2.24, 2.45) is 0 Å². The Morgan fingerprint density at radius 3 is 0.939 bits per heavy atom. The molecule has 0 aromatic heterocycles. The number of aliphatic hydroxyl groups is 2. The number of rotatable bonds is 70. The zero-order valence-corrected chi connectivity index (χ0v) is 55.5. The van der Waals surface area contributed by atoms with Crippen LogP contribution < -0.4 is 5.32 Å². The summed E-state index contributed by atoms with van der Waals surface area (Å²) in [7, 11) is 0. The zero-order valence-electron chi connectivity index (χ0n) is 55.5. The fourth-order valence-corrected chi connectivity index (χ4v) is 11.7. The Morgan fingerprint density at radius 2 is 0.610 bits per heavy atom. The molecule has 82 heavy (non-hydrogen) atoms. The summed E-state index contributed by atoms with van der Waals surface area (Å²) in [5, 5.41) is 23.3. The predicted octanol–water partition coefficient (Wildman–Crippen LogP) is 24.3. The highest BCUT2D eigenvalue weighted by Crippen LogP contribution is 2.19. The summed E-state index contributed by atoms with van der Waals surface area (Å²) < 4.78 is 5.49. The molecule has 0 bridgehead atoms. The van der Waals surface area contributed by atoms with E-state index in [9.17, 15) is 19.8 Å². The van der Waals surface area contributed by atoms with Crippen molar-refractivity contribution in [3.8, 4) is 0 Å². The minimum absolute atomic E-state index is 0.00225. The van der Waals surface area contributed by atoms with E-state index in [4.69, 9.17) is 4.74 Å². The molecule has 0 aliphatic carbocycles. The van der Waals surface area contributed by atoms with Crippen molar-refractivity contribution >= 4 is 11.9 Å². The lowest BCUT2D eigenvalue weighted by atomic mass is 10.0. The molecular formula is C76H145NO5. The number of hydrogen-bond donors (Lipinski definition) is 3. The van der Waals surface area contributed by atoms with E-state index in [1.54, 1.807) is 6.08 Å². The molecule has 2 atom stereocenters. The molecule has 6 heteroatoms. The number of hydrogen-bond acceptors (Lipinski definition) is 5. The van der Waals surface area contributed by atoms with Crippen LogP contribution in [0.15, 0.2) is 36.5 Å². The van der Waals surface area contributed by atoms with E-state index in [1.807, 2.05) is 6.08 Å². The second kappa shape index (κ2) is 71.6. The molecule has 0 aromatic rings. The normalized spacial score (nSPS) is 12.7. The molecule has 6 nitrogen and oxygen atoms in total. The van der Waals surface area contributed by atoms with Gasteiger partial charge in [0.25, 0.3) is 0 Å². The Bertz CT molecular complexity index is 1330. The Labute approximate surface area is 513 Å². The monoisotopic (exact) mass is 1150 g/mol. The molecule has 2 unspecified atom stereocenters. The fraction of sp³-hybridized carbons (Fsp3) is 0.895. The smallest absolute Gasteiger partial charge is 0.305 e. The number of aliphatic hydroxyl groups excluding tert-OH is 2.